The molecule has 0 N–H and O–H groups in total. The van der Waals surface area contributed by atoms with Gasteiger partial charge < -0.3 is 4.52 Å². The van der Waals surface area contributed by atoms with Crippen molar-refractivity contribution in [3.05, 3.63) is 42.3 Å². The molecule has 31 heavy (non-hydrogen) atoms. The highest BCUT2D eigenvalue weighted by Gasteiger charge is 2.34. The van der Waals surface area contributed by atoms with Crippen molar-refractivity contribution in [1.82, 2.24) is 23.9 Å². The summed E-state index contributed by atoms with van der Waals surface area (Å²) in [6.07, 6.45) is 7.58. The van der Waals surface area contributed by atoms with Gasteiger partial charge in [0.05, 0.1) is 28.2 Å². The average molecular weight is 447 g/mol. The molecule has 0 saturated heterocycles. The molecule has 0 radical (unpaired) electrons. The van der Waals surface area contributed by atoms with Crippen molar-refractivity contribution in [3.63, 3.8) is 0 Å². The van der Waals surface area contributed by atoms with Crippen LogP contribution >= 0.6 is 0 Å². The molecular formula is C20H19F2N5O3S. The minimum absolute atomic E-state index is 0.366. The summed E-state index contributed by atoms with van der Waals surface area (Å²) >= 11 is 0. The quantitative estimate of drug-likeness (QED) is 0.453. The van der Waals surface area contributed by atoms with Crippen molar-refractivity contribution in [2.45, 2.75) is 44.9 Å². The highest BCUT2D eigenvalue weighted by molar-refractivity contribution is 7.90. The van der Waals surface area contributed by atoms with E-state index in [-0.39, 0.29) is 0 Å². The molecule has 11 heteroatoms. The smallest absolute Gasteiger partial charge is 0.333 e. The van der Waals surface area contributed by atoms with Gasteiger partial charge in [-0.05, 0) is 32.8 Å². The predicted octanol–water partition coefficient (Wildman–Crippen LogP) is 4.30. The molecule has 0 spiro atoms. The van der Waals surface area contributed by atoms with Gasteiger partial charge in [-0.1, -0.05) is 11.6 Å². The van der Waals surface area contributed by atoms with Crippen LogP contribution in [0.25, 0.3) is 33.3 Å². The number of aromatic nitrogens is 5. The predicted molar refractivity (Wildman–Crippen MR) is 109 cm³/mol. The summed E-state index contributed by atoms with van der Waals surface area (Å²) in [6.45, 7) is 0.776. The van der Waals surface area contributed by atoms with Crippen LogP contribution in [0.4, 0.5) is 8.78 Å². The van der Waals surface area contributed by atoms with Crippen molar-refractivity contribution in [2.24, 2.45) is 0 Å². The Labute approximate surface area is 176 Å². The molecule has 8 nitrogen and oxygen atoms in total. The molecule has 0 amide bonds. The van der Waals surface area contributed by atoms with Crippen LogP contribution in [0.15, 0.2) is 35.4 Å². The number of fused-ring (bicyclic) bond motifs is 1. The summed E-state index contributed by atoms with van der Waals surface area (Å²) in [6, 6.07) is 1.73. The maximum atomic E-state index is 13.3. The Kier molecular flexibility index (Phi) is 4.47. The van der Waals surface area contributed by atoms with Gasteiger partial charge in [-0.2, -0.15) is 13.9 Å². The molecule has 1 aliphatic rings. The van der Waals surface area contributed by atoms with Gasteiger partial charge in [-0.3, -0.25) is 4.98 Å². The molecule has 4 heterocycles. The van der Waals surface area contributed by atoms with E-state index in [4.69, 9.17) is 4.52 Å². The van der Waals surface area contributed by atoms with Crippen molar-refractivity contribution in [1.29, 1.82) is 0 Å². The molecule has 162 valence electrons. The van der Waals surface area contributed by atoms with E-state index in [0.29, 0.717) is 56.7 Å². The summed E-state index contributed by atoms with van der Waals surface area (Å²) in [4.78, 5) is 4.51. The Morgan fingerprint density at radius 2 is 1.94 bits per heavy atom. The van der Waals surface area contributed by atoms with Crippen LogP contribution in [0.5, 0.6) is 0 Å². The zero-order valence-electron chi connectivity index (χ0n) is 16.8. The standard InChI is InChI=1S/C20H19F2N5O3S/c1-11-18(12(2)30-25-11)13-6-17-19(23-7-13)16(14-8-24-26(9-14)20(21)22)10-27(17)31(28,29)15-4-3-5-15/h6-10,15,20H,3-5H2,1-2H3. The van der Waals surface area contributed by atoms with E-state index in [9.17, 15) is 17.2 Å². The molecule has 0 aliphatic heterocycles. The third kappa shape index (κ3) is 3.06. The van der Waals surface area contributed by atoms with E-state index in [1.807, 2.05) is 0 Å². The van der Waals surface area contributed by atoms with E-state index >= 15 is 0 Å². The number of hydrogen-bond acceptors (Lipinski definition) is 6. The minimum atomic E-state index is -3.67. The van der Waals surface area contributed by atoms with Crippen LogP contribution in [0.1, 0.15) is 37.3 Å². The molecule has 1 fully saturated rings. The second-order valence-electron chi connectivity index (χ2n) is 7.71. The first kappa shape index (κ1) is 19.9. The molecule has 4 aromatic heterocycles. The lowest BCUT2D eigenvalue weighted by Gasteiger charge is -2.25. The summed E-state index contributed by atoms with van der Waals surface area (Å²) in [5, 5.41) is 7.16. The van der Waals surface area contributed by atoms with Crippen molar-refractivity contribution < 1.29 is 21.7 Å². The van der Waals surface area contributed by atoms with Crippen molar-refractivity contribution in [2.75, 3.05) is 0 Å². The number of nitrogens with zero attached hydrogens (tertiary/aromatic N) is 5. The molecular weight excluding hydrogens is 428 g/mol. The number of hydrogen-bond donors (Lipinski definition) is 0. The van der Waals surface area contributed by atoms with Crippen molar-refractivity contribution >= 4 is 21.1 Å². The molecule has 0 unspecified atom stereocenters. The van der Waals surface area contributed by atoms with Gasteiger partial charge in [0.1, 0.15) is 5.76 Å². The minimum Gasteiger partial charge on any atom is -0.361 e. The summed E-state index contributed by atoms with van der Waals surface area (Å²) in [7, 11) is -3.67. The Hall–Kier alpha value is -3.08. The summed E-state index contributed by atoms with van der Waals surface area (Å²) in [5.41, 5.74) is 3.64. The van der Waals surface area contributed by atoms with E-state index in [1.165, 1.54) is 22.6 Å². The first-order valence-electron chi connectivity index (χ1n) is 9.79. The van der Waals surface area contributed by atoms with Crippen LogP contribution in [0.3, 0.4) is 0 Å². The van der Waals surface area contributed by atoms with Gasteiger partial charge >= 0.3 is 6.55 Å². The molecule has 1 aliphatic carbocycles. The van der Waals surface area contributed by atoms with Crippen LogP contribution < -0.4 is 0 Å². The number of halogens is 2. The fraction of sp³-hybridized carbons (Fsp3) is 0.350. The number of alkyl halides is 2. The SMILES string of the molecule is Cc1noc(C)c1-c1cnc2c(-c3cnn(C(F)F)c3)cn(S(=O)(=O)C3CCC3)c2c1. The van der Waals surface area contributed by atoms with Crippen LogP contribution in [0.2, 0.25) is 0 Å². The van der Waals surface area contributed by atoms with Gasteiger partial charge in [0, 0.05) is 40.8 Å². The van der Waals surface area contributed by atoms with Crippen LogP contribution in [0, 0.1) is 13.8 Å². The van der Waals surface area contributed by atoms with Gasteiger partial charge in [0.2, 0.25) is 10.0 Å². The van der Waals surface area contributed by atoms with Gasteiger partial charge in [-0.15, -0.1) is 0 Å². The second-order valence-corrected chi connectivity index (χ2v) is 9.80. The lowest BCUT2D eigenvalue weighted by molar-refractivity contribution is 0.0566. The number of rotatable bonds is 5. The zero-order valence-corrected chi connectivity index (χ0v) is 17.6. The Bertz CT molecular complexity index is 1380. The van der Waals surface area contributed by atoms with Crippen LogP contribution in [-0.2, 0) is 10.0 Å². The average Bonchev–Trinajstić information content (AvgIpc) is 3.36. The van der Waals surface area contributed by atoms with Crippen LogP contribution in [-0.4, -0.2) is 37.6 Å². The molecule has 4 aromatic rings. The Balaban J connectivity index is 1.75. The second kappa shape index (κ2) is 6.98. The molecule has 0 atom stereocenters. The van der Waals surface area contributed by atoms with E-state index in [1.54, 1.807) is 26.1 Å². The topological polar surface area (TPSA) is 95.8 Å². The molecule has 0 aromatic carbocycles. The zero-order chi connectivity index (χ0) is 21.9. The first-order chi connectivity index (χ1) is 14.8. The summed E-state index contributed by atoms with van der Waals surface area (Å²) in [5.74, 6) is 0.594. The monoisotopic (exact) mass is 447 g/mol. The van der Waals surface area contributed by atoms with Gasteiger partial charge in [0.15, 0.2) is 0 Å². The third-order valence-corrected chi connectivity index (χ3v) is 7.95. The normalized spacial score (nSPS) is 15.1. The highest BCUT2D eigenvalue weighted by Crippen LogP contribution is 2.37. The Morgan fingerprint density at radius 3 is 2.52 bits per heavy atom. The number of aryl methyl sites for hydroxylation is 2. The molecule has 5 rings (SSSR count). The largest absolute Gasteiger partial charge is 0.361 e. The van der Waals surface area contributed by atoms with Gasteiger partial charge in [0.25, 0.3) is 0 Å². The highest BCUT2D eigenvalue weighted by atomic mass is 32.2. The third-order valence-electron chi connectivity index (χ3n) is 5.79. The van der Waals surface area contributed by atoms with E-state index in [2.05, 4.69) is 15.2 Å². The van der Waals surface area contributed by atoms with Gasteiger partial charge in [-0.25, -0.2) is 17.1 Å². The lowest BCUT2D eigenvalue weighted by atomic mass is 10.0. The fourth-order valence-corrected chi connectivity index (χ4v) is 5.86. The molecule has 1 saturated carbocycles. The summed E-state index contributed by atoms with van der Waals surface area (Å²) < 4.78 is 59.6. The molecule has 0 bridgehead atoms. The van der Waals surface area contributed by atoms with Crippen molar-refractivity contribution in [3.8, 4) is 22.3 Å². The fourth-order valence-electron chi connectivity index (χ4n) is 3.94. The van der Waals surface area contributed by atoms with E-state index < -0.39 is 21.8 Å². The maximum absolute atomic E-state index is 13.3. The maximum Gasteiger partial charge on any atom is 0.333 e. The first-order valence-corrected chi connectivity index (χ1v) is 11.3. The lowest BCUT2D eigenvalue weighted by Crippen LogP contribution is -2.32. The van der Waals surface area contributed by atoms with E-state index in [0.717, 1.165) is 12.0 Å². The Morgan fingerprint density at radius 1 is 1.16 bits per heavy atom. The number of pyridine rings is 1.